The quantitative estimate of drug-likeness (QED) is 0.235. The molecular weight excluding hydrogens is 915 g/mol. The van der Waals surface area contributed by atoms with Crippen molar-refractivity contribution in [3.05, 3.63) is 47.3 Å². The molecule has 0 aromatic rings. The maximum absolute atomic E-state index is 11.3. The van der Waals surface area contributed by atoms with E-state index in [1.165, 1.54) is 0 Å². The van der Waals surface area contributed by atoms with Gasteiger partial charge in [0.05, 0.1) is 0 Å². The summed E-state index contributed by atoms with van der Waals surface area (Å²) in [4.78, 5) is 39.3. The zero-order valence-electron chi connectivity index (χ0n) is 23.1. The van der Waals surface area contributed by atoms with E-state index < -0.39 is 120 Å². The molecule has 308 valence electrons. The Labute approximate surface area is 291 Å². The van der Waals surface area contributed by atoms with Gasteiger partial charge in [-0.05, 0) is 47.3 Å². The summed E-state index contributed by atoms with van der Waals surface area (Å²) < 4.78 is 271. The van der Waals surface area contributed by atoms with Crippen LogP contribution in [0.15, 0.2) is 47.3 Å². The smallest absolute Gasteiger partial charge is 0.454 e. The van der Waals surface area contributed by atoms with E-state index >= 15 is 0 Å². The first-order valence-corrected chi connectivity index (χ1v) is 10.5. The topological polar surface area (TPSA) is 161 Å². The third kappa shape index (κ3) is 28.3. The normalized spacial score (nSPS) is 14.2. The van der Waals surface area contributed by atoms with Crippen molar-refractivity contribution in [1.29, 1.82) is 0 Å². The van der Waals surface area contributed by atoms with Crippen molar-refractivity contribution in [2.24, 2.45) is 0 Å². The molecule has 0 aliphatic carbocycles. The SMILES string of the molecule is O=C(/C=C(\[O-])C(F)(F)F)C(F)(F)F.O=C(/C=C(\[O-])C(F)(F)F)C(F)(F)F.O=C(/C=C(\[O-])C(F)(F)F)C(F)(F)F.O=C(/C=C(\[O-])C(F)(F)F)C(F)(F)F.[Zr]. The van der Waals surface area contributed by atoms with Gasteiger partial charge >= 0.3 is 49.4 Å². The van der Waals surface area contributed by atoms with E-state index in [0.717, 1.165) is 0 Å². The summed E-state index contributed by atoms with van der Waals surface area (Å²) >= 11 is 0. The van der Waals surface area contributed by atoms with Gasteiger partial charge in [0.15, 0.2) is 0 Å². The van der Waals surface area contributed by atoms with Crippen LogP contribution in [0.25, 0.3) is 0 Å². The summed E-state index contributed by atoms with van der Waals surface area (Å²) in [5, 5.41) is 39.3. The van der Waals surface area contributed by atoms with E-state index in [1.807, 2.05) is 0 Å². The van der Waals surface area contributed by atoms with Crippen molar-refractivity contribution in [3.63, 3.8) is 0 Å². The van der Waals surface area contributed by atoms with Crippen molar-refractivity contribution in [2.45, 2.75) is 49.4 Å². The largest absolute Gasteiger partial charge is 0.869 e. The van der Waals surface area contributed by atoms with Crippen LogP contribution in [0.5, 0.6) is 0 Å². The summed E-state index contributed by atoms with van der Waals surface area (Å²) in [6.07, 6.45) is -47.8. The Morgan fingerprint density at radius 3 is 0.415 bits per heavy atom. The minimum atomic E-state index is -5.46. The molecule has 0 N–H and O–H groups in total. The Morgan fingerprint density at radius 2 is 0.358 bits per heavy atom. The second-order valence-corrected chi connectivity index (χ2v) is 7.47. The van der Waals surface area contributed by atoms with Crippen molar-refractivity contribution < 1.29 is 171 Å². The van der Waals surface area contributed by atoms with Crippen molar-refractivity contribution in [3.8, 4) is 0 Å². The second-order valence-electron chi connectivity index (χ2n) is 7.47. The van der Waals surface area contributed by atoms with Gasteiger partial charge in [0.1, 0.15) is 0 Å². The summed E-state index contributed by atoms with van der Waals surface area (Å²) in [7, 11) is 0. The van der Waals surface area contributed by atoms with Gasteiger partial charge in [-0.15, -0.1) is 0 Å². The third-order valence-electron chi connectivity index (χ3n) is 3.28. The van der Waals surface area contributed by atoms with E-state index in [9.17, 15) is 145 Å². The first-order valence-electron chi connectivity index (χ1n) is 10.5. The average molecular weight is 919 g/mol. The minimum Gasteiger partial charge on any atom is -0.869 e. The Hall–Kier alpha value is -3.96. The molecule has 0 unspecified atom stereocenters. The Balaban J connectivity index is -0.000000192. The summed E-state index contributed by atoms with van der Waals surface area (Å²) in [5.74, 6) is -22.6. The number of halogens is 24. The minimum absolute atomic E-state index is 0. The van der Waals surface area contributed by atoms with Crippen LogP contribution in [0.3, 0.4) is 0 Å². The average Bonchev–Trinajstić information content (AvgIpc) is 2.85. The molecule has 0 fully saturated rings. The monoisotopic (exact) mass is 918 g/mol. The number of carbonyl (C=O) groups is 4. The molecule has 0 aromatic carbocycles. The Bertz CT molecular complexity index is 1150. The molecule has 53 heavy (non-hydrogen) atoms. The van der Waals surface area contributed by atoms with Crippen LogP contribution in [-0.4, -0.2) is 72.5 Å². The van der Waals surface area contributed by atoms with Crippen molar-refractivity contribution in [1.82, 2.24) is 0 Å². The molecule has 0 amide bonds. The van der Waals surface area contributed by atoms with E-state index in [4.69, 9.17) is 0 Å². The van der Waals surface area contributed by atoms with Crippen LogP contribution >= 0.6 is 0 Å². The van der Waals surface area contributed by atoms with Crippen molar-refractivity contribution in [2.75, 3.05) is 0 Å². The predicted octanol–water partition coefficient (Wildman–Crippen LogP) is 3.69. The van der Waals surface area contributed by atoms with E-state index in [-0.39, 0.29) is 26.2 Å². The van der Waals surface area contributed by atoms with Crippen molar-refractivity contribution >= 4 is 23.1 Å². The number of hydrogen-bond donors (Lipinski definition) is 0. The van der Waals surface area contributed by atoms with Crippen LogP contribution < -0.4 is 20.4 Å². The number of carbonyl (C=O) groups excluding carboxylic acids is 4. The molecule has 0 atom stereocenters. The summed E-state index contributed by atoms with van der Waals surface area (Å²) in [5.41, 5.74) is 0. The van der Waals surface area contributed by atoms with Crippen LogP contribution in [-0.2, 0) is 45.4 Å². The fraction of sp³-hybridized carbons (Fsp3) is 0.400. The van der Waals surface area contributed by atoms with Crippen LogP contribution in [0.1, 0.15) is 0 Å². The molecule has 0 aromatic heterocycles. The Kier molecular flexibility index (Phi) is 22.6. The first kappa shape index (κ1) is 58.4. The van der Waals surface area contributed by atoms with E-state index in [0.29, 0.717) is 0 Å². The second kappa shape index (κ2) is 20.5. The van der Waals surface area contributed by atoms with Gasteiger partial charge in [-0.3, -0.25) is 19.2 Å². The number of alkyl halides is 24. The zero-order chi connectivity index (χ0) is 43.4. The predicted molar refractivity (Wildman–Crippen MR) is 101 cm³/mol. The Morgan fingerprint density at radius 1 is 0.264 bits per heavy atom. The molecule has 0 rings (SSSR count). The standard InChI is InChI=1S/4C5H2F6O2.Zr/c4*6-4(7,8)2(12)1-3(13)5(9,10)11;/h4*1,12H;/p-4/b4*2-1-;. The zero-order valence-corrected chi connectivity index (χ0v) is 25.6. The summed E-state index contributed by atoms with van der Waals surface area (Å²) in [6.45, 7) is 0. The first-order chi connectivity index (χ1) is 22.2. The molecule has 0 aliphatic heterocycles. The number of rotatable bonds is 4. The molecule has 0 saturated carbocycles. The maximum atomic E-state index is 11.3. The maximum Gasteiger partial charge on any atom is 0.454 e. The van der Waals surface area contributed by atoms with Crippen LogP contribution in [0.2, 0.25) is 0 Å². The fourth-order valence-electron chi connectivity index (χ4n) is 1.13. The van der Waals surface area contributed by atoms with Gasteiger partial charge in [0, 0.05) is 26.2 Å². The number of allylic oxidation sites excluding steroid dienone is 8. The summed E-state index contributed by atoms with van der Waals surface area (Å²) in [6, 6.07) is 0. The third-order valence-corrected chi connectivity index (χ3v) is 3.28. The molecule has 0 bridgehead atoms. The van der Waals surface area contributed by atoms with Gasteiger partial charge < -0.3 is 20.4 Å². The molecule has 0 saturated heterocycles. The van der Waals surface area contributed by atoms with Gasteiger partial charge in [-0.2, -0.15) is 105 Å². The molecule has 0 heterocycles. The van der Waals surface area contributed by atoms with E-state index in [1.54, 1.807) is 0 Å². The van der Waals surface area contributed by atoms with Crippen LogP contribution in [0, 0.1) is 0 Å². The molecule has 33 heteroatoms. The molecular formula is C20H4F24O8Zr-4. The molecule has 0 radical (unpaired) electrons. The van der Waals surface area contributed by atoms with Gasteiger partial charge in [-0.1, -0.05) is 0 Å². The molecule has 8 nitrogen and oxygen atoms in total. The fourth-order valence-corrected chi connectivity index (χ4v) is 1.13. The number of ketones is 4. The van der Waals surface area contributed by atoms with Gasteiger partial charge in [0.2, 0.25) is 0 Å². The number of hydrogen-bond acceptors (Lipinski definition) is 8. The van der Waals surface area contributed by atoms with Gasteiger partial charge in [0.25, 0.3) is 23.1 Å². The van der Waals surface area contributed by atoms with E-state index in [2.05, 4.69) is 0 Å². The molecule has 0 spiro atoms. The molecule has 0 aliphatic rings. The van der Waals surface area contributed by atoms with Gasteiger partial charge in [-0.25, -0.2) is 0 Å². The van der Waals surface area contributed by atoms with Crippen LogP contribution in [0.4, 0.5) is 105 Å².